The minimum Gasteiger partial charge on any atom is -0.412 e. The molecule has 66 valence electrons. The van der Waals surface area contributed by atoms with E-state index in [1.807, 2.05) is 0 Å². The van der Waals surface area contributed by atoms with Crippen LogP contribution in [0.2, 0.25) is 0 Å². The number of aliphatic hydroxyl groups excluding tert-OH is 1. The summed E-state index contributed by atoms with van der Waals surface area (Å²) in [6.45, 7) is 0. The van der Waals surface area contributed by atoms with Crippen LogP contribution in [0.5, 0.6) is 0 Å². The van der Waals surface area contributed by atoms with Gasteiger partial charge in [0, 0.05) is 5.56 Å². The second-order valence-corrected chi connectivity index (χ2v) is 2.10. The van der Waals surface area contributed by atoms with Gasteiger partial charge in [0.25, 0.3) is 0 Å². The van der Waals surface area contributed by atoms with E-state index in [1.54, 1.807) is 18.2 Å². The number of benzene rings is 1. The van der Waals surface area contributed by atoms with Crippen molar-refractivity contribution in [3.63, 3.8) is 0 Å². The van der Waals surface area contributed by atoms with Crippen LogP contribution in [0, 0.1) is 0 Å². The molecule has 1 aromatic rings. The van der Waals surface area contributed by atoms with Gasteiger partial charge in [0.2, 0.25) is 12.1 Å². The van der Waals surface area contributed by atoms with Crippen LogP contribution in [0.3, 0.4) is 0 Å². The highest BCUT2D eigenvalue weighted by Crippen LogP contribution is 2.01. The maximum Gasteiger partial charge on any atom is 0.218 e. The smallest absolute Gasteiger partial charge is 0.218 e. The third kappa shape index (κ3) is 2.43. The van der Waals surface area contributed by atoms with Crippen molar-refractivity contribution < 1.29 is 20.5 Å². The van der Waals surface area contributed by atoms with E-state index >= 15 is 0 Å². The van der Waals surface area contributed by atoms with Gasteiger partial charge < -0.3 is 15.7 Å². The Kier molecular flexibility index (Phi) is 4.14. The van der Waals surface area contributed by atoms with E-state index < -0.39 is 12.1 Å². The number of carbonyl (C=O) groups is 1. The second kappa shape index (κ2) is 4.61. The summed E-state index contributed by atoms with van der Waals surface area (Å²) in [5.74, 6) is -0.675. The number of ketones is 1. The van der Waals surface area contributed by atoms with Crippen molar-refractivity contribution in [2.24, 2.45) is 0 Å². The van der Waals surface area contributed by atoms with Crippen molar-refractivity contribution in [3.05, 3.63) is 35.9 Å². The Morgan fingerprint density at radius 1 is 1.17 bits per heavy atom. The normalized spacial score (nSPS) is 9.25. The fourth-order valence-corrected chi connectivity index (χ4v) is 0.751. The predicted octanol–water partition coefficient (Wildman–Crippen LogP) is -0.645. The van der Waals surface area contributed by atoms with Gasteiger partial charge in [-0.2, -0.15) is 0 Å². The van der Waals surface area contributed by atoms with Crippen LogP contribution in [0.4, 0.5) is 0 Å². The van der Waals surface area contributed by atoms with Crippen LogP contribution >= 0.6 is 0 Å². The molecule has 0 fully saturated rings. The molecule has 4 N–H and O–H groups in total. The summed E-state index contributed by atoms with van der Waals surface area (Å²) < 4.78 is 0. The highest BCUT2D eigenvalue weighted by atomic mass is 16.5. The van der Waals surface area contributed by atoms with Gasteiger partial charge in [-0.25, -0.2) is 0 Å². The molecular weight excluding hydrogens is 160 g/mol. The van der Waals surface area contributed by atoms with E-state index in [4.69, 9.17) is 10.2 Å². The number of Topliss-reactive ketones (excluding diaryl/α,β-unsaturated/α-hetero) is 1. The molecule has 4 nitrogen and oxygen atoms in total. The van der Waals surface area contributed by atoms with Crippen LogP contribution in [-0.2, 0) is 0 Å². The highest BCUT2D eigenvalue weighted by molar-refractivity contribution is 5.98. The highest BCUT2D eigenvalue weighted by Gasteiger charge is 2.11. The summed E-state index contributed by atoms with van der Waals surface area (Å²) >= 11 is 0. The second-order valence-electron chi connectivity index (χ2n) is 2.10. The van der Waals surface area contributed by atoms with E-state index in [-0.39, 0.29) is 5.48 Å². The standard InChI is InChI=1S/C8H8O3.H2O/c9-7(8(10)11)6-4-2-1-3-5-6;/h1-5,8,10-11H;1H2. The molecule has 0 saturated carbocycles. The van der Waals surface area contributed by atoms with Gasteiger partial charge in [0.15, 0.2) is 0 Å². The lowest BCUT2D eigenvalue weighted by Gasteiger charge is -2.00. The van der Waals surface area contributed by atoms with Gasteiger partial charge in [0.05, 0.1) is 0 Å². The molecule has 0 bridgehead atoms. The third-order valence-corrected chi connectivity index (χ3v) is 1.29. The summed E-state index contributed by atoms with van der Waals surface area (Å²) in [5.41, 5.74) is 0.308. The maximum absolute atomic E-state index is 10.8. The molecule has 0 radical (unpaired) electrons. The van der Waals surface area contributed by atoms with Gasteiger partial charge in [-0.3, -0.25) is 4.79 Å². The van der Waals surface area contributed by atoms with Crippen molar-refractivity contribution in [2.75, 3.05) is 0 Å². The molecule has 0 aliphatic rings. The molecule has 0 amide bonds. The lowest BCUT2D eigenvalue weighted by molar-refractivity contribution is -0.0195. The van der Waals surface area contributed by atoms with Crippen LogP contribution in [-0.4, -0.2) is 27.8 Å². The summed E-state index contributed by atoms with van der Waals surface area (Å²) in [6, 6.07) is 8.13. The Balaban J connectivity index is 0.00000121. The summed E-state index contributed by atoms with van der Waals surface area (Å²) in [4.78, 5) is 10.8. The van der Waals surface area contributed by atoms with Gasteiger partial charge in [0.1, 0.15) is 0 Å². The topological polar surface area (TPSA) is 89.0 Å². The Bertz CT molecular complexity index is 242. The first-order chi connectivity index (χ1) is 5.22. The third-order valence-electron chi connectivity index (χ3n) is 1.29. The zero-order chi connectivity index (χ0) is 8.27. The van der Waals surface area contributed by atoms with E-state index in [9.17, 15) is 4.79 Å². The molecule has 4 heteroatoms. The first-order valence-electron chi connectivity index (χ1n) is 3.17. The molecular formula is C8H10O4. The van der Waals surface area contributed by atoms with Gasteiger partial charge >= 0.3 is 0 Å². The first-order valence-corrected chi connectivity index (χ1v) is 3.17. The fraction of sp³-hybridized carbons (Fsp3) is 0.125. The molecule has 0 atom stereocenters. The SMILES string of the molecule is O.O=C(c1ccccc1)C(O)O. The van der Waals surface area contributed by atoms with Crippen molar-refractivity contribution in [2.45, 2.75) is 6.29 Å². The number of hydrogen-bond acceptors (Lipinski definition) is 3. The Labute approximate surface area is 69.4 Å². The number of carbonyl (C=O) groups excluding carboxylic acids is 1. The minimum absolute atomic E-state index is 0. The van der Waals surface area contributed by atoms with Crippen LogP contribution in [0.25, 0.3) is 0 Å². The molecule has 0 aliphatic heterocycles. The van der Waals surface area contributed by atoms with Crippen LogP contribution < -0.4 is 0 Å². The summed E-state index contributed by atoms with van der Waals surface area (Å²) in [5, 5.41) is 17.0. The van der Waals surface area contributed by atoms with E-state index in [1.165, 1.54) is 12.1 Å². The molecule has 0 aromatic heterocycles. The van der Waals surface area contributed by atoms with Crippen molar-refractivity contribution in [1.29, 1.82) is 0 Å². The van der Waals surface area contributed by atoms with Crippen molar-refractivity contribution in [3.8, 4) is 0 Å². The first kappa shape index (κ1) is 10.8. The fourth-order valence-electron chi connectivity index (χ4n) is 0.751. The molecule has 0 unspecified atom stereocenters. The monoisotopic (exact) mass is 170 g/mol. The van der Waals surface area contributed by atoms with Crippen LogP contribution in [0.1, 0.15) is 10.4 Å². The lowest BCUT2D eigenvalue weighted by atomic mass is 10.1. The summed E-state index contributed by atoms with van der Waals surface area (Å²) in [6.07, 6.45) is -1.91. The van der Waals surface area contributed by atoms with Gasteiger partial charge in [-0.1, -0.05) is 30.3 Å². The minimum atomic E-state index is -1.91. The molecule has 0 spiro atoms. The molecule has 0 heterocycles. The molecule has 0 aliphatic carbocycles. The molecule has 0 saturated heterocycles. The van der Waals surface area contributed by atoms with Gasteiger partial charge in [-0.05, 0) is 0 Å². The number of rotatable bonds is 2. The maximum atomic E-state index is 10.8. The zero-order valence-electron chi connectivity index (χ0n) is 6.27. The Morgan fingerprint density at radius 2 is 1.67 bits per heavy atom. The van der Waals surface area contributed by atoms with E-state index in [2.05, 4.69) is 0 Å². The molecule has 12 heavy (non-hydrogen) atoms. The van der Waals surface area contributed by atoms with Gasteiger partial charge in [-0.15, -0.1) is 0 Å². The van der Waals surface area contributed by atoms with E-state index in [0.717, 1.165) is 0 Å². The molecule has 1 aromatic carbocycles. The Hall–Kier alpha value is -1.23. The Morgan fingerprint density at radius 3 is 2.08 bits per heavy atom. The number of aliphatic hydroxyl groups is 2. The lowest BCUT2D eigenvalue weighted by Crippen LogP contribution is -2.18. The zero-order valence-corrected chi connectivity index (χ0v) is 6.27. The van der Waals surface area contributed by atoms with Crippen molar-refractivity contribution >= 4 is 5.78 Å². The number of hydrogen-bond donors (Lipinski definition) is 2. The van der Waals surface area contributed by atoms with Crippen LogP contribution in [0.15, 0.2) is 30.3 Å². The average Bonchev–Trinajstić information content (AvgIpc) is 2.05. The average molecular weight is 170 g/mol. The van der Waals surface area contributed by atoms with E-state index in [0.29, 0.717) is 5.56 Å². The largest absolute Gasteiger partial charge is 0.412 e. The predicted molar refractivity (Wildman–Crippen MR) is 42.6 cm³/mol. The molecule has 1 rings (SSSR count). The quantitative estimate of drug-likeness (QED) is 0.456. The van der Waals surface area contributed by atoms with Crippen molar-refractivity contribution in [1.82, 2.24) is 0 Å². The summed E-state index contributed by atoms with van der Waals surface area (Å²) in [7, 11) is 0.